The second-order valence-electron chi connectivity index (χ2n) is 2.40. The average molecular weight is 155 g/mol. The zero-order valence-corrected chi connectivity index (χ0v) is 6.13. The number of amides is 1. The van der Waals surface area contributed by atoms with E-state index in [1.807, 2.05) is 0 Å². The maximum Gasteiger partial charge on any atom is 0.255 e. The molecule has 0 saturated carbocycles. The minimum atomic E-state index is -1.08. The second kappa shape index (κ2) is 2.77. The molecular weight excluding hydrogens is 146 g/mol. The fourth-order valence-electron chi connectivity index (χ4n) is 1.07. The summed E-state index contributed by atoms with van der Waals surface area (Å²) in [5.74, 6) is -0.732. The number of nitrogens with one attached hydrogen (secondary N) is 2. The Morgan fingerprint density at radius 3 is 2.55 bits per heavy atom. The molecule has 2 atom stereocenters. The third-order valence-corrected chi connectivity index (χ3v) is 1.72. The zero-order valence-electron chi connectivity index (χ0n) is 6.13. The first-order valence-corrected chi connectivity index (χ1v) is 3.41. The minimum Gasteiger partial charge on any atom is -0.344 e. The molecule has 0 spiro atoms. The molecule has 5 nitrogen and oxygen atoms in total. The van der Waals surface area contributed by atoms with Crippen molar-refractivity contribution in [2.24, 2.45) is 5.11 Å². The average Bonchev–Trinajstić information content (AvgIpc) is 2.26. The Morgan fingerprint density at radius 2 is 2.27 bits per heavy atom. The molecule has 0 aromatic rings. The summed E-state index contributed by atoms with van der Waals surface area (Å²) in [4.78, 5) is 21.9. The number of Topliss-reactive ketones (excluding diaryl/α,β-unsaturated/α-hetero) is 1. The van der Waals surface area contributed by atoms with Gasteiger partial charge in [-0.2, -0.15) is 5.11 Å². The van der Waals surface area contributed by atoms with E-state index in [2.05, 4.69) is 10.4 Å². The van der Waals surface area contributed by atoms with Crippen molar-refractivity contribution in [1.82, 2.24) is 5.32 Å². The molecule has 0 bridgehead atoms. The van der Waals surface area contributed by atoms with Crippen LogP contribution in [0.2, 0.25) is 0 Å². The number of rotatable bonds is 2. The fraction of sp³-hybridized carbons (Fsp3) is 0.667. The van der Waals surface area contributed by atoms with Crippen LogP contribution < -0.4 is 5.32 Å². The number of carbonyl (C=O) groups is 2. The Hall–Kier alpha value is -1.26. The maximum atomic E-state index is 11.1. The van der Waals surface area contributed by atoms with Gasteiger partial charge in [-0.05, 0) is 6.42 Å². The predicted molar refractivity (Wildman–Crippen MR) is 36.2 cm³/mol. The van der Waals surface area contributed by atoms with Crippen molar-refractivity contribution in [3.63, 3.8) is 0 Å². The van der Waals surface area contributed by atoms with Crippen molar-refractivity contribution in [2.75, 3.05) is 0 Å². The highest BCUT2D eigenvalue weighted by molar-refractivity contribution is 6.14. The molecule has 1 heterocycles. The minimum absolute atomic E-state index is 0.285. The predicted octanol–water partition coefficient (Wildman–Crippen LogP) is -0.137. The van der Waals surface area contributed by atoms with Gasteiger partial charge in [0, 0.05) is 0 Å². The Labute approximate surface area is 63.7 Å². The zero-order chi connectivity index (χ0) is 8.43. The summed E-state index contributed by atoms with van der Waals surface area (Å²) >= 11 is 0. The molecule has 60 valence electrons. The lowest BCUT2D eigenvalue weighted by molar-refractivity contribution is -0.124. The van der Waals surface area contributed by atoms with Gasteiger partial charge in [0.25, 0.3) is 5.91 Å². The number of ketones is 1. The highest BCUT2D eigenvalue weighted by atomic mass is 16.2. The van der Waals surface area contributed by atoms with E-state index in [-0.39, 0.29) is 5.78 Å². The van der Waals surface area contributed by atoms with E-state index in [1.165, 1.54) is 0 Å². The monoisotopic (exact) mass is 155 g/mol. The lowest BCUT2D eigenvalue weighted by Crippen LogP contribution is -2.27. The van der Waals surface area contributed by atoms with Crippen molar-refractivity contribution in [3.8, 4) is 0 Å². The Bertz CT molecular complexity index is 214. The largest absolute Gasteiger partial charge is 0.344 e. The van der Waals surface area contributed by atoms with Gasteiger partial charge in [-0.1, -0.05) is 6.92 Å². The molecule has 1 rings (SSSR count). The first-order chi connectivity index (χ1) is 5.20. The normalized spacial score (nSPS) is 30.3. The van der Waals surface area contributed by atoms with E-state index in [9.17, 15) is 9.59 Å². The van der Waals surface area contributed by atoms with Crippen LogP contribution in [-0.2, 0) is 9.59 Å². The lowest BCUT2D eigenvalue weighted by atomic mass is 10.1. The first kappa shape index (κ1) is 7.84. The van der Waals surface area contributed by atoms with Crippen LogP contribution in [0.3, 0.4) is 0 Å². The van der Waals surface area contributed by atoms with Gasteiger partial charge in [-0.25, -0.2) is 5.53 Å². The van der Waals surface area contributed by atoms with E-state index < -0.39 is 18.0 Å². The van der Waals surface area contributed by atoms with Gasteiger partial charge in [0.2, 0.25) is 6.04 Å². The Balaban J connectivity index is 2.78. The molecule has 2 unspecified atom stereocenters. The number of nitrogens with zero attached hydrogens (tertiary/aromatic N) is 1. The van der Waals surface area contributed by atoms with Crippen LogP contribution in [0.15, 0.2) is 5.11 Å². The quantitative estimate of drug-likeness (QED) is 0.430. The molecule has 11 heavy (non-hydrogen) atoms. The summed E-state index contributed by atoms with van der Waals surface area (Å²) in [5.41, 5.74) is 6.57. The summed E-state index contributed by atoms with van der Waals surface area (Å²) in [6.07, 6.45) is 0.566. The van der Waals surface area contributed by atoms with Crippen molar-refractivity contribution in [1.29, 1.82) is 5.53 Å². The van der Waals surface area contributed by atoms with Crippen LogP contribution in [0.4, 0.5) is 0 Å². The first-order valence-electron chi connectivity index (χ1n) is 3.41. The molecule has 0 aromatic carbocycles. The van der Waals surface area contributed by atoms with Gasteiger partial charge in [-0.3, -0.25) is 9.59 Å². The fourth-order valence-corrected chi connectivity index (χ4v) is 1.07. The number of carbonyl (C=O) groups excluding carboxylic acids is 2. The lowest BCUT2D eigenvalue weighted by Gasteiger charge is -2.01. The number of hydrogen-bond acceptors (Lipinski definition) is 4. The molecule has 1 amide bonds. The van der Waals surface area contributed by atoms with Gasteiger partial charge in [0.1, 0.15) is 0 Å². The molecule has 5 heteroatoms. The van der Waals surface area contributed by atoms with E-state index in [1.54, 1.807) is 6.92 Å². The van der Waals surface area contributed by atoms with Gasteiger partial charge in [-0.15, -0.1) is 0 Å². The van der Waals surface area contributed by atoms with Crippen LogP contribution in [0.5, 0.6) is 0 Å². The van der Waals surface area contributed by atoms with Crippen LogP contribution in [0, 0.1) is 5.53 Å². The van der Waals surface area contributed by atoms with Gasteiger partial charge in [0.15, 0.2) is 5.78 Å². The van der Waals surface area contributed by atoms with E-state index in [0.717, 1.165) is 0 Å². The summed E-state index contributed by atoms with van der Waals surface area (Å²) in [5, 5.41) is 5.39. The Morgan fingerprint density at radius 1 is 1.64 bits per heavy atom. The van der Waals surface area contributed by atoms with Gasteiger partial charge < -0.3 is 5.32 Å². The van der Waals surface area contributed by atoms with E-state index in [0.29, 0.717) is 6.42 Å². The van der Waals surface area contributed by atoms with Crippen LogP contribution in [0.25, 0.3) is 0 Å². The summed E-state index contributed by atoms with van der Waals surface area (Å²) in [7, 11) is 0. The topological polar surface area (TPSA) is 82.4 Å². The molecule has 0 aliphatic carbocycles. The van der Waals surface area contributed by atoms with Crippen molar-refractivity contribution in [2.45, 2.75) is 25.4 Å². The highest BCUT2D eigenvalue weighted by Crippen LogP contribution is 2.09. The molecular formula is C6H9N3O2. The van der Waals surface area contributed by atoms with Crippen molar-refractivity contribution < 1.29 is 9.59 Å². The molecule has 1 aliphatic heterocycles. The third kappa shape index (κ3) is 1.13. The SMILES string of the molecule is CCC1NC(=O)C(N=N)C1=O. The number of hydrogen-bond donors (Lipinski definition) is 2. The highest BCUT2D eigenvalue weighted by Gasteiger charge is 2.39. The molecule has 1 saturated heterocycles. The van der Waals surface area contributed by atoms with E-state index in [4.69, 9.17) is 5.53 Å². The Kier molecular flexibility index (Phi) is 1.98. The molecule has 2 N–H and O–H groups in total. The summed E-state index contributed by atoms with van der Waals surface area (Å²) in [6.45, 7) is 1.80. The maximum absolute atomic E-state index is 11.1. The van der Waals surface area contributed by atoms with Crippen LogP contribution in [-0.4, -0.2) is 23.8 Å². The second-order valence-corrected chi connectivity index (χ2v) is 2.40. The molecule has 1 fully saturated rings. The summed E-state index contributed by atoms with van der Waals surface area (Å²) in [6, 6.07) is -1.51. The summed E-state index contributed by atoms with van der Waals surface area (Å²) < 4.78 is 0. The van der Waals surface area contributed by atoms with Gasteiger partial charge in [0.05, 0.1) is 6.04 Å². The molecule has 1 aliphatic rings. The smallest absolute Gasteiger partial charge is 0.255 e. The molecule has 0 radical (unpaired) electrons. The van der Waals surface area contributed by atoms with Gasteiger partial charge >= 0.3 is 0 Å². The van der Waals surface area contributed by atoms with Crippen molar-refractivity contribution in [3.05, 3.63) is 0 Å². The van der Waals surface area contributed by atoms with Crippen LogP contribution >= 0.6 is 0 Å². The molecule has 0 aromatic heterocycles. The van der Waals surface area contributed by atoms with E-state index >= 15 is 0 Å². The van der Waals surface area contributed by atoms with Crippen molar-refractivity contribution >= 4 is 11.7 Å². The van der Waals surface area contributed by atoms with Crippen LogP contribution in [0.1, 0.15) is 13.3 Å². The standard InChI is InChI=1S/C6H9N3O2/c1-2-3-5(10)4(9-7)6(11)8-3/h3-4,7H,2H2,1H3,(H,8,11). The third-order valence-electron chi connectivity index (χ3n) is 1.72.